The molecule has 0 saturated heterocycles. The summed E-state index contributed by atoms with van der Waals surface area (Å²) < 4.78 is 13.2. The van der Waals surface area contributed by atoms with Crippen molar-refractivity contribution in [3.63, 3.8) is 0 Å². The molecule has 2 N–H and O–H groups in total. The average molecular weight is 356 g/mol. The van der Waals surface area contributed by atoms with E-state index in [2.05, 4.69) is 10.3 Å². The van der Waals surface area contributed by atoms with Crippen LogP contribution in [0, 0.1) is 19.7 Å². The molecular weight excluding hydrogens is 331 g/mol. The standard InChI is InChI=1S/C21H25FN2O2/c1-5-19(18-9-10-20(25)14(3)13(18)2)23-12-21(26)15(4)24-17-8-6-7-16(22)11-17/h6-11,15,24-25H,5,12H2,1-4H3. The smallest absolute Gasteiger partial charge is 0.175 e. The van der Waals surface area contributed by atoms with Crippen LogP contribution in [-0.2, 0) is 4.79 Å². The van der Waals surface area contributed by atoms with Gasteiger partial charge in [-0.2, -0.15) is 0 Å². The van der Waals surface area contributed by atoms with Crippen LogP contribution in [0.1, 0.15) is 37.0 Å². The number of phenolic OH excluding ortho intramolecular Hbond substituents is 1. The minimum absolute atomic E-state index is 0.0476. The third kappa shape index (κ3) is 4.69. The highest BCUT2D eigenvalue weighted by Gasteiger charge is 2.14. The molecule has 1 atom stereocenters. The lowest BCUT2D eigenvalue weighted by molar-refractivity contribution is -0.118. The lowest BCUT2D eigenvalue weighted by Gasteiger charge is -2.15. The van der Waals surface area contributed by atoms with Crippen molar-refractivity contribution >= 4 is 17.2 Å². The summed E-state index contributed by atoms with van der Waals surface area (Å²) in [6.07, 6.45) is 0.685. The lowest BCUT2D eigenvalue weighted by atomic mass is 9.97. The predicted molar refractivity (Wildman–Crippen MR) is 104 cm³/mol. The maximum Gasteiger partial charge on any atom is 0.175 e. The number of carbonyl (C=O) groups excluding carboxylic acids is 1. The first kappa shape index (κ1) is 19.6. The Morgan fingerprint density at radius 1 is 1.23 bits per heavy atom. The molecule has 1 unspecified atom stereocenters. The molecular formula is C21H25FN2O2. The summed E-state index contributed by atoms with van der Waals surface area (Å²) in [5, 5.41) is 12.8. The molecule has 2 aromatic carbocycles. The average Bonchev–Trinajstić information content (AvgIpc) is 2.61. The fourth-order valence-electron chi connectivity index (χ4n) is 2.73. The molecule has 0 heterocycles. The minimum atomic E-state index is -0.471. The van der Waals surface area contributed by atoms with E-state index in [1.807, 2.05) is 26.8 Å². The zero-order valence-corrected chi connectivity index (χ0v) is 15.6. The van der Waals surface area contributed by atoms with Gasteiger partial charge < -0.3 is 10.4 Å². The monoisotopic (exact) mass is 356 g/mol. The summed E-state index contributed by atoms with van der Waals surface area (Å²) in [6, 6.07) is 9.04. The molecule has 26 heavy (non-hydrogen) atoms. The normalized spacial score (nSPS) is 12.7. The molecule has 0 aliphatic carbocycles. The number of aromatic hydroxyl groups is 1. The molecule has 0 aromatic heterocycles. The third-order valence-corrected chi connectivity index (χ3v) is 4.52. The molecule has 0 amide bonds. The molecule has 2 rings (SSSR count). The number of aliphatic imine (C=N–C) groups is 1. The van der Waals surface area contributed by atoms with Gasteiger partial charge in [-0.05, 0) is 74.2 Å². The summed E-state index contributed by atoms with van der Waals surface area (Å²) in [4.78, 5) is 16.9. The van der Waals surface area contributed by atoms with Crippen molar-refractivity contribution < 1.29 is 14.3 Å². The van der Waals surface area contributed by atoms with E-state index in [0.29, 0.717) is 12.1 Å². The van der Waals surface area contributed by atoms with E-state index in [1.54, 1.807) is 25.1 Å². The van der Waals surface area contributed by atoms with Crippen LogP contribution in [0.25, 0.3) is 0 Å². The topological polar surface area (TPSA) is 61.7 Å². The van der Waals surface area contributed by atoms with E-state index in [-0.39, 0.29) is 23.9 Å². The van der Waals surface area contributed by atoms with Gasteiger partial charge in [0.2, 0.25) is 0 Å². The van der Waals surface area contributed by atoms with Crippen LogP contribution in [0.3, 0.4) is 0 Å². The lowest BCUT2D eigenvalue weighted by Crippen LogP contribution is -2.28. The van der Waals surface area contributed by atoms with E-state index < -0.39 is 6.04 Å². The fourth-order valence-corrected chi connectivity index (χ4v) is 2.73. The first-order chi connectivity index (χ1) is 12.3. The number of ketones is 1. The van der Waals surface area contributed by atoms with Gasteiger partial charge in [0.15, 0.2) is 5.78 Å². The summed E-state index contributed by atoms with van der Waals surface area (Å²) in [6.45, 7) is 7.57. The van der Waals surface area contributed by atoms with Crippen LogP contribution in [0.2, 0.25) is 0 Å². The van der Waals surface area contributed by atoms with Gasteiger partial charge in [0, 0.05) is 11.4 Å². The minimum Gasteiger partial charge on any atom is -0.508 e. The largest absolute Gasteiger partial charge is 0.508 e. The van der Waals surface area contributed by atoms with E-state index in [0.717, 1.165) is 22.4 Å². The number of benzene rings is 2. The van der Waals surface area contributed by atoms with Crippen LogP contribution in [0.5, 0.6) is 5.75 Å². The number of phenols is 1. The molecule has 2 aromatic rings. The van der Waals surface area contributed by atoms with Crippen molar-refractivity contribution in [2.24, 2.45) is 4.99 Å². The maximum absolute atomic E-state index is 13.2. The second kappa shape index (κ2) is 8.61. The van der Waals surface area contributed by atoms with Crippen molar-refractivity contribution in [3.8, 4) is 5.75 Å². The Balaban J connectivity index is 2.10. The van der Waals surface area contributed by atoms with Gasteiger partial charge in [-0.25, -0.2) is 4.39 Å². The quantitative estimate of drug-likeness (QED) is 0.722. The highest BCUT2D eigenvalue weighted by Crippen LogP contribution is 2.24. The number of hydrogen-bond donors (Lipinski definition) is 2. The third-order valence-electron chi connectivity index (χ3n) is 4.52. The van der Waals surface area contributed by atoms with E-state index in [9.17, 15) is 14.3 Å². The number of carbonyl (C=O) groups is 1. The zero-order valence-electron chi connectivity index (χ0n) is 15.6. The van der Waals surface area contributed by atoms with Crippen molar-refractivity contribution in [2.45, 2.75) is 40.2 Å². The first-order valence-corrected chi connectivity index (χ1v) is 8.71. The van der Waals surface area contributed by atoms with Gasteiger partial charge in [0.1, 0.15) is 11.6 Å². The van der Waals surface area contributed by atoms with E-state index in [4.69, 9.17) is 0 Å². The van der Waals surface area contributed by atoms with Crippen molar-refractivity contribution in [3.05, 3.63) is 58.9 Å². The molecule has 0 bridgehead atoms. The number of Topliss-reactive ketones (excluding diaryl/α,β-unsaturated/α-hetero) is 1. The van der Waals surface area contributed by atoms with Crippen LogP contribution >= 0.6 is 0 Å². The summed E-state index contributed by atoms with van der Waals surface area (Å²) >= 11 is 0. The molecule has 5 heteroatoms. The first-order valence-electron chi connectivity index (χ1n) is 8.71. The number of hydrogen-bond acceptors (Lipinski definition) is 4. The van der Waals surface area contributed by atoms with Crippen LogP contribution in [0.15, 0.2) is 41.4 Å². The van der Waals surface area contributed by atoms with Crippen LogP contribution in [-0.4, -0.2) is 29.2 Å². The van der Waals surface area contributed by atoms with Crippen molar-refractivity contribution in [1.82, 2.24) is 0 Å². The van der Waals surface area contributed by atoms with E-state index in [1.165, 1.54) is 12.1 Å². The molecule has 0 saturated carbocycles. The second-order valence-corrected chi connectivity index (χ2v) is 6.34. The Morgan fingerprint density at radius 3 is 2.62 bits per heavy atom. The van der Waals surface area contributed by atoms with Gasteiger partial charge in [-0.1, -0.05) is 13.0 Å². The summed E-state index contributed by atoms with van der Waals surface area (Å²) in [5.74, 6) is -0.168. The summed E-state index contributed by atoms with van der Waals surface area (Å²) in [5.41, 5.74) is 4.12. The molecule has 0 fully saturated rings. The maximum atomic E-state index is 13.2. The van der Waals surface area contributed by atoms with Gasteiger partial charge in [-0.15, -0.1) is 0 Å². The van der Waals surface area contributed by atoms with E-state index >= 15 is 0 Å². The van der Waals surface area contributed by atoms with Crippen molar-refractivity contribution in [2.75, 3.05) is 11.9 Å². The predicted octanol–water partition coefficient (Wildman–Crippen LogP) is 4.42. The van der Waals surface area contributed by atoms with Gasteiger partial charge in [0.05, 0.1) is 12.6 Å². The molecule has 0 aliphatic rings. The second-order valence-electron chi connectivity index (χ2n) is 6.34. The zero-order chi connectivity index (χ0) is 19.3. The number of rotatable bonds is 7. The number of nitrogens with zero attached hydrogens (tertiary/aromatic N) is 1. The van der Waals surface area contributed by atoms with Gasteiger partial charge >= 0.3 is 0 Å². The van der Waals surface area contributed by atoms with Gasteiger partial charge in [0.25, 0.3) is 0 Å². The fraction of sp³-hybridized carbons (Fsp3) is 0.333. The molecule has 138 valence electrons. The Kier molecular flexibility index (Phi) is 6.50. The van der Waals surface area contributed by atoms with Gasteiger partial charge in [-0.3, -0.25) is 9.79 Å². The highest BCUT2D eigenvalue weighted by atomic mass is 19.1. The Labute approximate surface area is 153 Å². The molecule has 4 nitrogen and oxygen atoms in total. The Bertz CT molecular complexity index is 831. The number of nitrogens with one attached hydrogen (secondary N) is 1. The number of anilines is 1. The molecule has 0 radical (unpaired) electrons. The Morgan fingerprint density at radius 2 is 1.96 bits per heavy atom. The highest BCUT2D eigenvalue weighted by molar-refractivity contribution is 6.03. The molecule has 0 aliphatic heterocycles. The number of halogens is 1. The summed E-state index contributed by atoms with van der Waals surface area (Å²) in [7, 11) is 0. The van der Waals surface area contributed by atoms with Crippen LogP contribution in [0.4, 0.5) is 10.1 Å². The van der Waals surface area contributed by atoms with Crippen LogP contribution < -0.4 is 5.32 Å². The SMILES string of the molecule is CCC(=NCC(=O)C(C)Nc1cccc(F)c1)c1ccc(O)c(C)c1C. The Hall–Kier alpha value is -2.69. The van der Waals surface area contributed by atoms with Crippen molar-refractivity contribution in [1.29, 1.82) is 0 Å². The molecule has 0 spiro atoms.